The highest BCUT2D eigenvalue weighted by Crippen LogP contribution is 2.15. The molecule has 1 aromatic heterocycles. The van der Waals surface area contributed by atoms with Gasteiger partial charge in [-0.05, 0) is 19.3 Å². The molecule has 1 aliphatic carbocycles. The second-order valence-electron chi connectivity index (χ2n) is 4.62. The van der Waals surface area contributed by atoms with Crippen LogP contribution in [0.25, 0.3) is 0 Å². The van der Waals surface area contributed by atoms with Crippen molar-refractivity contribution in [2.24, 2.45) is 5.92 Å². The first-order valence-electron chi connectivity index (χ1n) is 6.37. The fourth-order valence-electron chi connectivity index (χ4n) is 2.26. The quantitative estimate of drug-likeness (QED) is 0.567. The van der Waals surface area contributed by atoms with Gasteiger partial charge in [-0.3, -0.25) is 0 Å². The fraction of sp³-hybridized carbons (Fsp3) is 0.615. The van der Waals surface area contributed by atoms with Crippen LogP contribution in [-0.2, 0) is 6.54 Å². The van der Waals surface area contributed by atoms with Crippen molar-refractivity contribution in [2.45, 2.75) is 32.2 Å². The Kier molecular flexibility index (Phi) is 4.62. The van der Waals surface area contributed by atoms with E-state index in [1.54, 1.807) is 0 Å². The number of allylic oxidation sites excluding steroid dienone is 2. The third-order valence-corrected chi connectivity index (χ3v) is 3.26. The Morgan fingerprint density at radius 2 is 2.38 bits per heavy atom. The van der Waals surface area contributed by atoms with E-state index in [-0.39, 0.29) is 0 Å². The van der Waals surface area contributed by atoms with Crippen molar-refractivity contribution >= 4 is 0 Å². The number of nitrogens with zero attached hydrogens (tertiary/aromatic N) is 2. The van der Waals surface area contributed by atoms with Crippen LogP contribution in [0.1, 0.15) is 25.7 Å². The van der Waals surface area contributed by atoms with Crippen molar-refractivity contribution < 1.29 is 5.32 Å². The van der Waals surface area contributed by atoms with E-state index < -0.39 is 0 Å². The first-order chi connectivity index (χ1) is 7.95. The number of nitrogens with two attached hydrogens (primary N) is 1. The van der Waals surface area contributed by atoms with Gasteiger partial charge in [0.15, 0.2) is 0 Å². The van der Waals surface area contributed by atoms with Crippen LogP contribution in [-0.4, -0.2) is 22.6 Å². The summed E-state index contributed by atoms with van der Waals surface area (Å²) in [6.45, 7) is 3.63. The van der Waals surface area contributed by atoms with E-state index in [1.165, 1.54) is 38.8 Å². The molecule has 0 radical (unpaired) electrons. The van der Waals surface area contributed by atoms with Gasteiger partial charge in [-0.25, -0.2) is 4.98 Å². The summed E-state index contributed by atoms with van der Waals surface area (Å²) in [5.41, 5.74) is 0. The normalized spacial score (nSPS) is 20.1. The van der Waals surface area contributed by atoms with Crippen LogP contribution in [0.4, 0.5) is 0 Å². The van der Waals surface area contributed by atoms with Crippen molar-refractivity contribution in [3.63, 3.8) is 0 Å². The van der Waals surface area contributed by atoms with Gasteiger partial charge in [-0.15, -0.1) is 0 Å². The summed E-state index contributed by atoms with van der Waals surface area (Å²) in [5.74, 6) is 0.915. The highest BCUT2D eigenvalue weighted by molar-refractivity contribution is 4.89. The molecule has 0 fully saturated rings. The van der Waals surface area contributed by atoms with Crippen LogP contribution in [0.2, 0.25) is 0 Å². The number of aryl methyl sites for hydroxylation is 1. The Bertz CT molecular complexity index is 303. The standard InChI is InChI=1S/C13H21N3/c1-2-5-13(6-3-1)11-14-7-4-9-16-10-8-15-12-16/h1-2,8,10,12-14H,3-7,9,11H2/p+1/t13-/m0/s1. The smallest absolute Gasteiger partial charge is 0.0945 e. The van der Waals surface area contributed by atoms with E-state index in [0.29, 0.717) is 0 Å². The Morgan fingerprint density at radius 1 is 1.38 bits per heavy atom. The molecule has 0 spiro atoms. The number of aromatic nitrogens is 2. The van der Waals surface area contributed by atoms with Crippen LogP contribution >= 0.6 is 0 Å². The van der Waals surface area contributed by atoms with E-state index in [4.69, 9.17) is 0 Å². The molecule has 0 aromatic carbocycles. The van der Waals surface area contributed by atoms with Gasteiger partial charge < -0.3 is 9.88 Å². The van der Waals surface area contributed by atoms with Gasteiger partial charge >= 0.3 is 0 Å². The van der Waals surface area contributed by atoms with Crippen molar-refractivity contribution in [3.8, 4) is 0 Å². The molecule has 1 aromatic rings. The summed E-state index contributed by atoms with van der Waals surface area (Å²) in [4.78, 5) is 4.04. The van der Waals surface area contributed by atoms with E-state index in [1.807, 2.05) is 18.7 Å². The van der Waals surface area contributed by atoms with Gasteiger partial charge in [-0.2, -0.15) is 0 Å². The maximum atomic E-state index is 4.04. The minimum absolute atomic E-state index is 0.915. The highest BCUT2D eigenvalue weighted by atomic mass is 15.0. The lowest BCUT2D eigenvalue weighted by Gasteiger charge is -2.15. The van der Waals surface area contributed by atoms with Crippen LogP contribution in [0.15, 0.2) is 30.9 Å². The topological polar surface area (TPSA) is 34.4 Å². The molecular formula is C13H22N3+. The molecule has 3 heteroatoms. The maximum Gasteiger partial charge on any atom is 0.0945 e. The molecule has 88 valence electrons. The lowest BCUT2D eigenvalue weighted by atomic mass is 9.94. The third kappa shape index (κ3) is 3.81. The largest absolute Gasteiger partial charge is 0.346 e. The molecule has 0 unspecified atom stereocenters. The van der Waals surface area contributed by atoms with Gasteiger partial charge in [0, 0.05) is 31.3 Å². The molecule has 0 bridgehead atoms. The summed E-state index contributed by atoms with van der Waals surface area (Å²) in [6.07, 6.45) is 15.6. The molecule has 1 aliphatic rings. The Balaban J connectivity index is 1.50. The van der Waals surface area contributed by atoms with Crippen LogP contribution in [0.3, 0.4) is 0 Å². The summed E-state index contributed by atoms with van der Waals surface area (Å²) in [7, 11) is 0. The molecule has 0 aliphatic heterocycles. The molecule has 1 atom stereocenters. The summed E-state index contributed by atoms with van der Waals surface area (Å²) < 4.78 is 2.15. The van der Waals surface area contributed by atoms with E-state index in [9.17, 15) is 0 Å². The summed E-state index contributed by atoms with van der Waals surface area (Å²) in [6, 6.07) is 0. The van der Waals surface area contributed by atoms with Crippen LogP contribution < -0.4 is 5.32 Å². The van der Waals surface area contributed by atoms with Crippen molar-refractivity contribution in [3.05, 3.63) is 30.9 Å². The fourth-order valence-corrected chi connectivity index (χ4v) is 2.26. The third-order valence-electron chi connectivity index (χ3n) is 3.26. The number of hydrogen-bond donors (Lipinski definition) is 1. The zero-order valence-electron chi connectivity index (χ0n) is 9.89. The Hall–Kier alpha value is -1.09. The first kappa shape index (κ1) is 11.4. The Labute approximate surface area is 97.6 Å². The van der Waals surface area contributed by atoms with Gasteiger partial charge in [0.05, 0.1) is 19.4 Å². The van der Waals surface area contributed by atoms with Crippen molar-refractivity contribution in [1.29, 1.82) is 0 Å². The second kappa shape index (κ2) is 6.48. The zero-order valence-corrected chi connectivity index (χ0v) is 9.89. The molecule has 3 nitrogen and oxygen atoms in total. The molecule has 0 amide bonds. The van der Waals surface area contributed by atoms with E-state index >= 15 is 0 Å². The molecule has 0 saturated heterocycles. The van der Waals surface area contributed by atoms with Gasteiger partial charge in [0.25, 0.3) is 0 Å². The number of quaternary nitrogens is 1. The molecular weight excluding hydrogens is 198 g/mol. The highest BCUT2D eigenvalue weighted by Gasteiger charge is 2.10. The summed E-state index contributed by atoms with van der Waals surface area (Å²) in [5, 5.41) is 2.47. The SMILES string of the molecule is C1=CC[C@H](C[NH2+]CCCn2ccnc2)CC1. The zero-order chi connectivity index (χ0) is 11.1. The second-order valence-corrected chi connectivity index (χ2v) is 4.62. The monoisotopic (exact) mass is 220 g/mol. The molecule has 0 saturated carbocycles. The van der Waals surface area contributed by atoms with Crippen LogP contribution in [0, 0.1) is 5.92 Å². The predicted molar refractivity (Wildman–Crippen MR) is 65.0 cm³/mol. The average Bonchev–Trinajstić information content (AvgIpc) is 2.83. The van der Waals surface area contributed by atoms with Gasteiger partial charge in [0.1, 0.15) is 0 Å². The number of imidazole rings is 1. The van der Waals surface area contributed by atoms with Gasteiger partial charge in [-0.1, -0.05) is 12.2 Å². The number of rotatable bonds is 6. The maximum absolute atomic E-state index is 4.04. The minimum Gasteiger partial charge on any atom is -0.346 e. The van der Waals surface area contributed by atoms with Crippen LogP contribution in [0.5, 0.6) is 0 Å². The lowest BCUT2D eigenvalue weighted by Crippen LogP contribution is -2.85. The molecule has 2 N–H and O–H groups in total. The van der Waals surface area contributed by atoms with E-state index in [0.717, 1.165) is 12.5 Å². The minimum atomic E-state index is 0.915. The van der Waals surface area contributed by atoms with Gasteiger partial charge in [0.2, 0.25) is 0 Å². The van der Waals surface area contributed by atoms with Crippen molar-refractivity contribution in [1.82, 2.24) is 9.55 Å². The van der Waals surface area contributed by atoms with E-state index in [2.05, 4.69) is 27.0 Å². The first-order valence-corrected chi connectivity index (χ1v) is 6.37. The predicted octanol–water partition coefficient (Wildman–Crippen LogP) is 1.19. The lowest BCUT2D eigenvalue weighted by molar-refractivity contribution is -0.661. The number of hydrogen-bond acceptors (Lipinski definition) is 1. The molecule has 16 heavy (non-hydrogen) atoms. The molecule has 1 heterocycles. The van der Waals surface area contributed by atoms with Crippen molar-refractivity contribution in [2.75, 3.05) is 13.1 Å². The Morgan fingerprint density at radius 3 is 3.12 bits per heavy atom. The average molecular weight is 220 g/mol. The summed E-state index contributed by atoms with van der Waals surface area (Å²) >= 11 is 0. The molecule has 2 rings (SSSR count).